The molecular formula is C21H21N3O4. The number of aryl methyl sites for hydroxylation is 2. The first-order chi connectivity index (χ1) is 13.5. The molecule has 3 aromatic rings. The van der Waals surface area contributed by atoms with E-state index in [0.717, 1.165) is 18.5 Å². The Labute approximate surface area is 162 Å². The van der Waals surface area contributed by atoms with E-state index in [1.54, 1.807) is 35.2 Å². The van der Waals surface area contributed by atoms with Crippen molar-refractivity contribution < 1.29 is 13.9 Å². The molecule has 4 rings (SSSR count). The van der Waals surface area contributed by atoms with Gasteiger partial charge in [-0.2, -0.15) is 4.98 Å². The predicted octanol–water partition coefficient (Wildman–Crippen LogP) is 2.88. The third kappa shape index (κ3) is 3.74. The second-order valence-corrected chi connectivity index (χ2v) is 7.00. The number of piperidine rings is 1. The van der Waals surface area contributed by atoms with Gasteiger partial charge in [-0.15, -0.1) is 0 Å². The number of nitrogens with zero attached hydrogens (tertiary/aromatic N) is 3. The fourth-order valence-corrected chi connectivity index (χ4v) is 3.50. The molecule has 1 amide bonds. The SMILES string of the molecule is Cc1cc(O[C@H]2CCCN(C(=O)c3cc(=O)c4ccccc4o3)C2)nc(C)n1. The monoisotopic (exact) mass is 379 g/mol. The maximum atomic E-state index is 12.9. The highest BCUT2D eigenvalue weighted by molar-refractivity contribution is 5.93. The third-order valence-electron chi connectivity index (χ3n) is 4.74. The van der Waals surface area contributed by atoms with E-state index < -0.39 is 0 Å². The standard InChI is InChI=1S/C21H21N3O4/c1-13-10-20(23-14(2)22-13)27-15-6-5-9-24(12-15)21(26)19-11-17(25)16-7-3-4-8-18(16)28-19/h3-4,7-8,10-11,15H,5-6,9,12H2,1-2H3/t15-/m0/s1. The van der Waals surface area contributed by atoms with Gasteiger partial charge in [-0.25, -0.2) is 4.98 Å². The van der Waals surface area contributed by atoms with Gasteiger partial charge in [-0.3, -0.25) is 9.59 Å². The first-order valence-electron chi connectivity index (χ1n) is 9.31. The molecule has 28 heavy (non-hydrogen) atoms. The summed E-state index contributed by atoms with van der Waals surface area (Å²) in [5.74, 6) is 0.919. The Hall–Kier alpha value is -3.22. The van der Waals surface area contributed by atoms with Crippen molar-refractivity contribution >= 4 is 16.9 Å². The Morgan fingerprint density at radius 1 is 1.21 bits per heavy atom. The highest BCUT2D eigenvalue weighted by Crippen LogP contribution is 2.20. The van der Waals surface area contributed by atoms with Crippen molar-refractivity contribution in [3.05, 3.63) is 63.9 Å². The number of likely N-dealkylation sites (tertiary alicyclic amines) is 1. The topological polar surface area (TPSA) is 85.5 Å². The zero-order valence-corrected chi connectivity index (χ0v) is 15.8. The number of hydrogen-bond acceptors (Lipinski definition) is 6. The van der Waals surface area contributed by atoms with Crippen LogP contribution in [0.5, 0.6) is 5.88 Å². The number of rotatable bonds is 3. The number of hydrogen-bond donors (Lipinski definition) is 0. The van der Waals surface area contributed by atoms with Crippen LogP contribution in [0.15, 0.2) is 45.6 Å². The van der Waals surface area contributed by atoms with Crippen LogP contribution in [0.4, 0.5) is 0 Å². The zero-order chi connectivity index (χ0) is 19.7. The normalized spacial score (nSPS) is 16.9. The van der Waals surface area contributed by atoms with Crippen molar-refractivity contribution in [1.82, 2.24) is 14.9 Å². The van der Waals surface area contributed by atoms with Gasteiger partial charge in [0.1, 0.15) is 17.5 Å². The molecule has 2 aromatic heterocycles. The van der Waals surface area contributed by atoms with Crippen LogP contribution in [0, 0.1) is 13.8 Å². The number of para-hydroxylation sites is 1. The largest absolute Gasteiger partial charge is 0.472 e. The van der Waals surface area contributed by atoms with E-state index in [9.17, 15) is 9.59 Å². The van der Waals surface area contributed by atoms with Crippen molar-refractivity contribution in [2.45, 2.75) is 32.8 Å². The summed E-state index contributed by atoms with van der Waals surface area (Å²) in [6.45, 7) is 4.72. The first kappa shape index (κ1) is 18.2. The van der Waals surface area contributed by atoms with Gasteiger partial charge in [0.2, 0.25) is 5.88 Å². The number of carbonyl (C=O) groups is 1. The van der Waals surface area contributed by atoms with Crippen LogP contribution in [0.1, 0.15) is 34.9 Å². The average molecular weight is 379 g/mol. The predicted molar refractivity (Wildman–Crippen MR) is 104 cm³/mol. The Morgan fingerprint density at radius 2 is 2.04 bits per heavy atom. The fourth-order valence-electron chi connectivity index (χ4n) is 3.50. The lowest BCUT2D eigenvalue weighted by Gasteiger charge is -2.32. The molecule has 3 heterocycles. The zero-order valence-electron chi connectivity index (χ0n) is 15.8. The van der Waals surface area contributed by atoms with Gasteiger partial charge < -0.3 is 14.1 Å². The summed E-state index contributed by atoms with van der Waals surface area (Å²) in [4.78, 5) is 35.4. The lowest BCUT2D eigenvalue weighted by atomic mass is 10.1. The number of ether oxygens (including phenoxy) is 1. The molecule has 7 nitrogen and oxygen atoms in total. The van der Waals surface area contributed by atoms with E-state index in [1.165, 1.54) is 6.07 Å². The lowest BCUT2D eigenvalue weighted by molar-refractivity contribution is 0.0500. The Balaban J connectivity index is 1.52. The molecule has 144 valence electrons. The summed E-state index contributed by atoms with van der Waals surface area (Å²) in [6.07, 6.45) is 1.46. The molecule has 1 aliphatic heterocycles. The molecule has 0 N–H and O–H groups in total. The van der Waals surface area contributed by atoms with Crippen molar-refractivity contribution in [3.63, 3.8) is 0 Å². The van der Waals surface area contributed by atoms with E-state index >= 15 is 0 Å². The van der Waals surface area contributed by atoms with Crippen LogP contribution in [0.3, 0.4) is 0 Å². The van der Waals surface area contributed by atoms with Gasteiger partial charge in [-0.1, -0.05) is 12.1 Å². The number of amides is 1. The Morgan fingerprint density at radius 3 is 2.86 bits per heavy atom. The molecule has 0 radical (unpaired) electrons. The first-order valence-corrected chi connectivity index (χ1v) is 9.31. The summed E-state index contributed by atoms with van der Waals surface area (Å²) in [5, 5.41) is 0.466. The number of fused-ring (bicyclic) bond motifs is 1. The smallest absolute Gasteiger partial charge is 0.289 e. The molecule has 0 aliphatic carbocycles. The quantitative estimate of drug-likeness (QED) is 0.696. The van der Waals surface area contributed by atoms with Gasteiger partial charge in [0, 0.05) is 24.4 Å². The third-order valence-corrected chi connectivity index (χ3v) is 4.74. The molecule has 1 atom stereocenters. The number of carbonyl (C=O) groups excluding carboxylic acids is 1. The van der Waals surface area contributed by atoms with Crippen LogP contribution in [0.25, 0.3) is 11.0 Å². The Bertz CT molecular complexity index is 1070. The molecule has 1 saturated heterocycles. The molecular weight excluding hydrogens is 358 g/mol. The molecule has 1 aliphatic rings. The highest BCUT2D eigenvalue weighted by atomic mass is 16.5. The van der Waals surface area contributed by atoms with E-state index in [1.807, 2.05) is 13.8 Å². The van der Waals surface area contributed by atoms with Gasteiger partial charge >= 0.3 is 0 Å². The molecule has 1 aromatic carbocycles. The van der Waals surface area contributed by atoms with Crippen molar-refractivity contribution in [1.29, 1.82) is 0 Å². The molecule has 1 fully saturated rings. The Kier molecular flexibility index (Phi) is 4.81. The second kappa shape index (κ2) is 7.42. The van der Waals surface area contributed by atoms with Gasteiger partial charge in [0.15, 0.2) is 11.2 Å². The van der Waals surface area contributed by atoms with E-state index in [4.69, 9.17) is 9.15 Å². The van der Waals surface area contributed by atoms with Gasteiger partial charge in [0.25, 0.3) is 5.91 Å². The minimum atomic E-state index is -0.300. The van der Waals surface area contributed by atoms with Crippen molar-refractivity contribution in [3.8, 4) is 5.88 Å². The molecule has 0 unspecified atom stereocenters. The molecule has 0 saturated carbocycles. The molecule has 7 heteroatoms. The van der Waals surface area contributed by atoms with E-state index in [0.29, 0.717) is 35.8 Å². The lowest BCUT2D eigenvalue weighted by Crippen LogP contribution is -2.44. The molecule has 0 bridgehead atoms. The van der Waals surface area contributed by atoms with Crippen molar-refractivity contribution in [2.24, 2.45) is 0 Å². The molecule has 0 spiro atoms. The summed E-state index contributed by atoms with van der Waals surface area (Å²) >= 11 is 0. The maximum Gasteiger partial charge on any atom is 0.289 e. The van der Waals surface area contributed by atoms with Crippen LogP contribution in [-0.4, -0.2) is 40.0 Å². The van der Waals surface area contributed by atoms with Crippen molar-refractivity contribution in [2.75, 3.05) is 13.1 Å². The average Bonchev–Trinajstić information content (AvgIpc) is 2.67. The minimum Gasteiger partial charge on any atom is -0.472 e. The highest BCUT2D eigenvalue weighted by Gasteiger charge is 2.28. The van der Waals surface area contributed by atoms with Gasteiger partial charge in [0.05, 0.1) is 11.9 Å². The van der Waals surface area contributed by atoms with Crippen LogP contribution >= 0.6 is 0 Å². The summed E-state index contributed by atoms with van der Waals surface area (Å²) in [5.41, 5.74) is 1.03. The van der Waals surface area contributed by atoms with Crippen LogP contribution in [0.2, 0.25) is 0 Å². The van der Waals surface area contributed by atoms with E-state index in [-0.39, 0.29) is 23.2 Å². The summed E-state index contributed by atoms with van der Waals surface area (Å²) < 4.78 is 11.7. The second-order valence-electron chi connectivity index (χ2n) is 7.00. The van der Waals surface area contributed by atoms with E-state index in [2.05, 4.69) is 9.97 Å². The number of aromatic nitrogens is 2. The van der Waals surface area contributed by atoms with Crippen LogP contribution in [-0.2, 0) is 0 Å². The summed E-state index contributed by atoms with van der Waals surface area (Å²) in [7, 11) is 0. The minimum absolute atomic E-state index is 0.0538. The van der Waals surface area contributed by atoms with Crippen LogP contribution < -0.4 is 10.2 Å². The van der Waals surface area contributed by atoms with Gasteiger partial charge in [-0.05, 0) is 38.8 Å². The maximum absolute atomic E-state index is 12.9. The fraction of sp³-hybridized carbons (Fsp3) is 0.333. The summed E-state index contributed by atoms with van der Waals surface area (Å²) in [6, 6.07) is 9.98. The number of benzene rings is 1.